The van der Waals surface area contributed by atoms with Crippen molar-refractivity contribution in [3.05, 3.63) is 57.5 Å². The number of nitrogens with one attached hydrogen (secondary N) is 1. The minimum Gasteiger partial charge on any atom is -0.452 e. The summed E-state index contributed by atoms with van der Waals surface area (Å²) in [5.74, 6) is -1.74. The Hall–Kier alpha value is -2.18. The maximum absolute atomic E-state index is 13.0. The number of anilines is 1. The molecule has 7 heteroatoms. The first-order valence-electron chi connectivity index (χ1n) is 6.18. The van der Waals surface area contributed by atoms with Crippen molar-refractivity contribution < 1.29 is 18.7 Å². The van der Waals surface area contributed by atoms with Crippen molar-refractivity contribution in [3.63, 3.8) is 0 Å². The van der Waals surface area contributed by atoms with E-state index < -0.39 is 24.3 Å². The van der Waals surface area contributed by atoms with Gasteiger partial charge in [0.05, 0.1) is 5.02 Å². The first-order valence-corrected chi connectivity index (χ1v) is 7.43. The van der Waals surface area contributed by atoms with E-state index in [2.05, 4.69) is 5.32 Å². The van der Waals surface area contributed by atoms with Gasteiger partial charge < -0.3 is 10.1 Å². The van der Waals surface area contributed by atoms with Gasteiger partial charge in [-0.2, -0.15) is 0 Å². The van der Waals surface area contributed by atoms with Gasteiger partial charge in [0.15, 0.2) is 6.61 Å². The molecule has 0 spiro atoms. The van der Waals surface area contributed by atoms with Crippen LogP contribution in [0.15, 0.2) is 41.8 Å². The molecule has 0 radical (unpaired) electrons. The van der Waals surface area contributed by atoms with E-state index in [1.165, 1.54) is 29.5 Å². The molecule has 2 aromatic rings. The molecule has 2 rings (SSSR count). The van der Waals surface area contributed by atoms with Crippen molar-refractivity contribution in [2.24, 2.45) is 0 Å². The number of amides is 1. The largest absolute Gasteiger partial charge is 0.452 e. The molecule has 114 valence electrons. The molecule has 1 N–H and O–H groups in total. The lowest BCUT2D eigenvalue weighted by Crippen LogP contribution is -2.20. The summed E-state index contributed by atoms with van der Waals surface area (Å²) in [5.41, 5.74) is 0.321. The van der Waals surface area contributed by atoms with Gasteiger partial charge in [-0.05, 0) is 35.7 Å². The van der Waals surface area contributed by atoms with Gasteiger partial charge in [-0.1, -0.05) is 17.7 Å². The average molecular weight is 340 g/mol. The maximum atomic E-state index is 13.0. The zero-order chi connectivity index (χ0) is 15.9. The molecule has 0 aliphatic heterocycles. The highest BCUT2D eigenvalue weighted by molar-refractivity contribution is 7.10. The molecule has 0 bridgehead atoms. The standard InChI is InChI=1S/C15H11ClFNO3S/c16-12-8-10(3-5-13(12)17)18-14(19)9-21-15(20)6-4-11-2-1-7-22-11/h1-8H,9H2,(H,18,19). The molecule has 4 nitrogen and oxygen atoms in total. The summed E-state index contributed by atoms with van der Waals surface area (Å²) in [7, 11) is 0. The van der Waals surface area contributed by atoms with E-state index in [1.807, 2.05) is 17.5 Å². The third-order valence-electron chi connectivity index (χ3n) is 2.48. The average Bonchev–Trinajstić information content (AvgIpc) is 3.00. The van der Waals surface area contributed by atoms with Crippen LogP contribution in [-0.2, 0) is 14.3 Å². The van der Waals surface area contributed by atoms with Crippen LogP contribution in [0.25, 0.3) is 6.08 Å². The first-order chi connectivity index (χ1) is 10.5. The molecule has 0 saturated carbocycles. The topological polar surface area (TPSA) is 55.4 Å². The van der Waals surface area contributed by atoms with Gasteiger partial charge in [0, 0.05) is 16.6 Å². The van der Waals surface area contributed by atoms with E-state index in [-0.39, 0.29) is 5.02 Å². The van der Waals surface area contributed by atoms with Crippen LogP contribution in [-0.4, -0.2) is 18.5 Å². The summed E-state index contributed by atoms with van der Waals surface area (Å²) < 4.78 is 17.8. The quantitative estimate of drug-likeness (QED) is 0.667. The van der Waals surface area contributed by atoms with Gasteiger partial charge in [-0.3, -0.25) is 4.79 Å². The number of ether oxygens (including phenoxy) is 1. The Balaban J connectivity index is 1.79. The summed E-state index contributed by atoms with van der Waals surface area (Å²) >= 11 is 7.07. The molecule has 0 aliphatic carbocycles. The second-order valence-corrected chi connectivity index (χ2v) is 5.52. The molecule has 22 heavy (non-hydrogen) atoms. The molecule has 0 saturated heterocycles. The van der Waals surface area contributed by atoms with Gasteiger partial charge in [0.2, 0.25) is 0 Å². The lowest BCUT2D eigenvalue weighted by molar-refractivity contribution is -0.142. The van der Waals surface area contributed by atoms with Crippen LogP contribution in [0.2, 0.25) is 5.02 Å². The molecule has 1 aromatic carbocycles. The number of hydrogen-bond donors (Lipinski definition) is 1. The van der Waals surface area contributed by atoms with Crippen molar-refractivity contribution in [1.82, 2.24) is 0 Å². The van der Waals surface area contributed by atoms with Crippen molar-refractivity contribution in [1.29, 1.82) is 0 Å². The van der Waals surface area contributed by atoms with Gasteiger partial charge in [0.25, 0.3) is 5.91 Å². The van der Waals surface area contributed by atoms with E-state index >= 15 is 0 Å². The second-order valence-electron chi connectivity index (χ2n) is 4.13. The van der Waals surface area contributed by atoms with E-state index in [9.17, 15) is 14.0 Å². The fourth-order valence-electron chi connectivity index (χ4n) is 1.49. The van der Waals surface area contributed by atoms with Gasteiger partial charge in [-0.15, -0.1) is 11.3 Å². The van der Waals surface area contributed by atoms with Crippen LogP contribution in [0.1, 0.15) is 4.88 Å². The minimum atomic E-state index is -0.624. The zero-order valence-corrected chi connectivity index (χ0v) is 12.8. The van der Waals surface area contributed by atoms with Crippen LogP contribution in [0.4, 0.5) is 10.1 Å². The highest BCUT2D eigenvalue weighted by Crippen LogP contribution is 2.19. The summed E-state index contributed by atoms with van der Waals surface area (Å²) in [6.45, 7) is -0.442. The van der Waals surface area contributed by atoms with Crippen molar-refractivity contribution in [2.75, 3.05) is 11.9 Å². The van der Waals surface area contributed by atoms with Crippen LogP contribution in [0, 0.1) is 5.82 Å². The van der Waals surface area contributed by atoms with Gasteiger partial charge in [0.1, 0.15) is 5.82 Å². The van der Waals surface area contributed by atoms with Crippen molar-refractivity contribution in [3.8, 4) is 0 Å². The number of esters is 1. The molecular formula is C15H11ClFNO3S. The third kappa shape index (κ3) is 4.98. The van der Waals surface area contributed by atoms with Crippen LogP contribution >= 0.6 is 22.9 Å². The summed E-state index contributed by atoms with van der Waals surface area (Å²) in [4.78, 5) is 23.9. The molecule has 1 aromatic heterocycles. The Kier molecular flexibility index (Phi) is 5.68. The molecule has 1 amide bonds. The number of hydrogen-bond acceptors (Lipinski definition) is 4. The van der Waals surface area contributed by atoms with Crippen LogP contribution in [0.3, 0.4) is 0 Å². The van der Waals surface area contributed by atoms with Gasteiger partial charge >= 0.3 is 5.97 Å². The van der Waals surface area contributed by atoms with E-state index in [4.69, 9.17) is 16.3 Å². The lowest BCUT2D eigenvalue weighted by atomic mass is 10.3. The smallest absolute Gasteiger partial charge is 0.331 e. The SMILES string of the molecule is O=C(COC(=O)C=Cc1cccs1)Nc1ccc(F)c(Cl)c1. The van der Waals surface area contributed by atoms with E-state index in [0.29, 0.717) is 5.69 Å². The lowest BCUT2D eigenvalue weighted by Gasteiger charge is -2.06. The fourth-order valence-corrected chi connectivity index (χ4v) is 2.29. The molecule has 0 unspecified atom stereocenters. The van der Waals surface area contributed by atoms with Gasteiger partial charge in [-0.25, -0.2) is 9.18 Å². The molecule has 1 heterocycles. The molecule has 0 atom stereocenters. The van der Waals surface area contributed by atoms with Crippen molar-refractivity contribution in [2.45, 2.75) is 0 Å². The maximum Gasteiger partial charge on any atom is 0.331 e. The van der Waals surface area contributed by atoms with E-state index in [0.717, 1.165) is 10.9 Å². The Morgan fingerprint density at radius 1 is 1.36 bits per heavy atom. The second kappa shape index (κ2) is 7.72. The predicted molar refractivity (Wildman–Crippen MR) is 84.4 cm³/mol. The number of carbonyl (C=O) groups is 2. The highest BCUT2D eigenvalue weighted by Gasteiger charge is 2.07. The Labute approximate surface area is 135 Å². The third-order valence-corrected chi connectivity index (χ3v) is 3.60. The monoisotopic (exact) mass is 339 g/mol. The number of carbonyl (C=O) groups excluding carboxylic acids is 2. The first kappa shape index (κ1) is 16.2. The summed E-state index contributed by atoms with van der Waals surface area (Å²) in [6.07, 6.45) is 2.85. The zero-order valence-electron chi connectivity index (χ0n) is 11.2. The van der Waals surface area contributed by atoms with Crippen LogP contribution < -0.4 is 5.32 Å². The summed E-state index contributed by atoms with van der Waals surface area (Å²) in [5, 5.41) is 4.22. The number of thiophene rings is 1. The predicted octanol–water partition coefficient (Wildman–Crippen LogP) is 3.74. The highest BCUT2D eigenvalue weighted by atomic mass is 35.5. The Bertz CT molecular complexity index is 701. The van der Waals surface area contributed by atoms with E-state index in [1.54, 1.807) is 6.08 Å². The molecular weight excluding hydrogens is 329 g/mol. The van der Waals surface area contributed by atoms with Crippen molar-refractivity contribution >= 4 is 46.6 Å². The number of halogens is 2. The fraction of sp³-hybridized carbons (Fsp3) is 0.0667. The number of rotatable bonds is 5. The Morgan fingerprint density at radius 3 is 2.86 bits per heavy atom. The molecule has 0 aliphatic rings. The number of benzene rings is 1. The normalized spacial score (nSPS) is 10.6. The molecule has 0 fully saturated rings. The van der Waals surface area contributed by atoms with Crippen LogP contribution in [0.5, 0.6) is 0 Å². The minimum absolute atomic E-state index is 0.103. The summed E-state index contributed by atoms with van der Waals surface area (Å²) in [6, 6.07) is 7.47. The Morgan fingerprint density at radius 2 is 2.18 bits per heavy atom.